The van der Waals surface area contributed by atoms with Crippen molar-refractivity contribution >= 4 is 27.7 Å². The first kappa shape index (κ1) is 21.1. The van der Waals surface area contributed by atoms with Crippen LogP contribution in [0.5, 0.6) is 5.75 Å². The van der Waals surface area contributed by atoms with Crippen molar-refractivity contribution in [3.05, 3.63) is 28.0 Å². The SMILES string of the molecule is COc1cc(F)c(Br)cc1C(=O)NC1C2CCC(C2)C1C(=O)NCC(C)(C)C. The van der Waals surface area contributed by atoms with Gasteiger partial charge in [-0.3, -0.25) is 9.59 Å². The van der Waals surface area contributed by atoms with E-state index in [9.17, 15) is 14.0 Å². The molecule has 0 aliphatic heterocycles. The molecular formula is C21H28BrFN2O3. The van der Waals surface area contributed by atoms with E-state index in [-0.39, 0.29) is 45.0 Å². The Hall–Kier alpha value is -1.63. The Bertz CT molecular complexity index is 778. The minimum Gasteiger partial charge on any atom is -0.496 e. The van der Waals surface area contributed by atoms with Crippen LogP contribution >= 0.6 is 15.9 Å². The largest absolute Gasteiger partial charge is 0.496 e. The van der Waals surface area contributed by atoms with Gasteiger partial charge in [0.05, 0.1) is 23.1 Å². The van der Waals surface area contributed by atoms with Gasteiger partial charge in [0, 0.05) is 18.7 Å². The summed E-state index contributed by atoms with van der Waals surface area (Å²) in [5.74, 6) is -0.266. The van der Waals surface area contributed by atoms with E-state index >= 15 is 0 Å². The van der Waals surface area contributed by atoms with E-state index in [1.54, 1.807) is 0 Å². The lowest BCUT2D eigenvalue weighted by molar-refractivity contribution is -0.127. The second-order valence-electron chi connectivity index (χ2n) is 9.10. The second kappa shape index (κ2) is 8.01. The molecule has 2 fully saturated rings. The number of hydrogen-bond donors (Lipinski definition) is 2. The molecule has 154 valence electrons. The van der Waals surface area contributed by atoms with Gasteiger partial charge in [-0.05, 0) is 58.5 Å². The van der Waals surface area contributed by atoms with Crippen LogP contribution in [0.2, 0.25) is 0 Å². The Morgan fingerprint density at radius 2 is 1.93 bits per heavy atom. The smallest absolute Gasteiger partial charge is 0.255 e. The van der Waals surface area contributed by atoms with Gasteiger partial charge in [0.25, 0.3) is 5.91 Å². The fourth-order valence-electron chi connectivity index (χ4n) is 4.45. The Kier molecular flexibility index (Phi) is 6.03. The lowest BCUT2D eigenvalue weighted by Gasteiger charge is -2.32. The molecule has 0 radical (unpaired) electrons. The summed E-state index contributed by atoms with van der Waals surface area (Å²) in [5.41, 5.74) is 0.257. The lowest BCUT2D eigenvalue weighted by atomic mass is 9.83. The first-order valence-corrected chi connectivity index (χ1v) is 10.5. The molecule has 0 aromatic heterocycles. The van der Waals surface area contributed by atoms with Crippen LogP contribution in [0.4, 0.5) is 4.39 Å². The highest BCUT2D eigenvalue weighted by atomic mass is 79.9. The van der Waals surface area contributed by atoms with Gasteiger partial charge in [0.2, 0.25) is 5.91 Å². The number of ether oxygens (including phenoxy) is 1. The van der Waals surface area contributed by atoms with E-state index in [0.717, 1.165) is 19.3 Å². The van der Waals surface area contributed by atoms with Crippen molar-refractivity contribution in [1.82, 2.24) is 10.6 Å². The molecule has 2 saturated carbocycles. The monoisotopic (exact) mass is 454 g/mol. The minimum atomic E-state index is -0.493. The molecule has 2 amide bonds. The van der Waals surface area contributed by atoms with Crippen LogP contribution < -0.4 is 15.4 Å². The zero-order valence-corrected chi connectivity index (χ0v) is 18.4. The van der Waals surface area contributed by atoms with Crippen molar-refractivity contribution in [1.29, 1.82) is 0 Å². The summed E-state index contributed by atoms with van der Waals surface area (Å²) >= 11 is 3.12. The van der Waals surface area contributed by atoms with Crippen molar-refractivity contribution in [2.75, 3.05) is 13.7 Å². The summed E-state index contributed by atoms with van der Waals surface area (Å²) < 4.78 is 19.2. The first-order chi connectivity index (χ1) is 13.1. The van der Waals surface area contributed by atoms with E-state index < -0.39 is 5.82 Å². The van der Waals surface area contributed by atoms with E-state index in [1.165, 1.54) is 19.2 Å². The molecule has 4 unspecified atom stereocenters. The number of hydrogen-bond acceptors (Lipinski definition) is 3. The third kappa shape index (κ3) is 4.34. The fraction of sp³-hybridized carbons (Fsp3) is 0.619. The zero-order chi connectivity index (χ0) is 20.6. The molecule has 1 aromatic carbocycles. The molecule has 2 bridgehead atoms. The van der Waals surface area contributed by atoms with E-state index in [4.69, 9.17) is 4.74 Å². The van der Waals surface area contributed by atoms with Gasteiger partial charge < -0.3 is 15.4 Å². The predicted molar refractivity (Wildman–Crippen MR) is 109 cm³/mol. The van der Waals surface area contributed by atoms with Gasteiger partial charge in [-0.15, -0.1) is 0 Å². The van der Waals surface area contributed by atoms with E-state index in [2.05, 4.69) is 47.3 Å². The van der Waals surface area contributed by atoms with Crippen molar-refractivity contribution in [2.45, 2.75) is 46.1 Å². The maximum Gasteiger partial charge on any atom is 0.255 e. The van der Waals surface area contributed by atoms with Crippen LogP contribution in [0, 0.1) is 29.0 Å². The number of methoxy groups -OCH3 is 1. The van der Waals surface area contributed by atoms with Crippen LogP contribution in [0.15, 0.2) is 16.6 Å². The highest BCUT2D eigenvalue weighted by Crippen LogP contribution is 2.48. The summed E-state index contributed by atoms with van der Waals surface area (Å²) in [6, 6.07) is 2.40. The number of carbonyl (C=O) groups excluding carboxylic acids is 2. The molecule has 28 heavy (non-hydrogen) atoms. The second-order valence-corrected chi connectivity index (χ2v) is 9.96. The summed E-state index contributed by atoms with van der Waals surface area (Å²) in [7, 11) is 1.40. The van der Waals surface area contributed by atoms with Crippen molar-refractivity contribution < 1.29 is 18.7 Å². The summed E-state index contributed by atoms with van der Waals surface area (Å²) in [5, 5.41) is 6.11. The number of benzene rings is 1. The predicted octanol–water partition coefficient (Wildman–Crippen LogP) is 3.90. The standard InChI is InChI=1S/C21H28BrFN2O3/c1-21(2,3)10-24-20(27)17-11-5-6-12(7-11)18(17)25-19(26)13-8-14(22)15(23)9-16(13)28-4/h8-9,11-12,17-18H,5-7,10H2,1-4H3,(H,24,27)(H,25,26). The Morgan fingerprint density at radius 1 is 1.25 bits per heavy atom. The van der Waals surface area contributed by atoms with Gasteiger partial charge in [-0.25, -0.2) is 4.39 Å². The zero-order valence-electron chi connectivity index (χ0n) is 16.8. The van der Waals surface area contributed by atoms with E-state index in [0.29, 0.717) is 18.4 Å². The van der Waals surface area contributed by atoms with Gasteiger partial charge >= 0.3 is 0 Å². The number of nitrogens with one attached hydrogen (secondary N) is 2. The molecular weight excluding hydrogens is 427 g/mol. The average Bonchev–Trinajstić information content (AvgIpc) is 3.22. The lowest BCUT2D eigenvalue weighted by Crippen LogP contribution is -2.50. The van der Waals surface area contributed by atoms with E-state index in [1.807, 2.05) is 0 Å². The highest BCUT2D eigenvalue weighted by Gasteiger charge is 2.51. The Balaban J connectivity index is 1.77. The number of halogens is 2. The first-order valence-electron chi connectivity index (χ1n) is 9.72. The number of carbonyl (C=O) groups is 2. The fourth-order valence-corrected chi connectivity index (χ4v) is 4.79. The van der Waals surface area contributed by atoms with Gasteiger partial charge in [0.15, 0.2) is 0 Å². The molecule has 0 spiro atoms. The minimum absolute atomic E-state index is 0.000220. The molecule has 2 aliphatic carbocycles. The normalized spacial score (nSPS) is 26.2. The number of fused-ring (bicyclic) bond motifs is 2. The Morgan fingerprint density at radius 3 is 2.57 bits per heavy atom. The molecule has 0 heterocycles. The highest BCUT2D eigenvalue weighted by molar-refractivity contribution is 9.10. The summed E-state index contributed by atoms with van der Waals surface area (Å²) in [4.78, 5) is 25.8. The van der Waals surface area contributed by atoms with Crippen LogP contribution in [0.3, 0.4) is 0 Å². The molecule has 7 heteroatoms. The molecule has 4 atom stereocenters. The third-order valence-corrected chi connectivity index (χ3v) is 6.40. The summed E-state index contributed by atoms with van der Waals surface area (Å²) in [6.07, 6.45) is 3.00. The van der Waals surface area contributed by atoms with Crippen molar-refractivity contribution in [2.24, 2.45) is 23.2 Å². The topological polar surface area (TPSA) is 67.4 Å². The van der Waals surface area contributed by atoms with Crippen LogP contribution in [-0.2, 0) is 4.79 Å². The maximum atomic E-state index is 13.8. The molecule has 3 rings (SSSR count). The van der Waals surface area contributed by atoms with Gasteiger partial charge in [-0.1, -0.05) is 20.8 Å². The Labute approximate surface area is 173 Å². The molecule has 1 aromatic rings. The van der Waals surface area contributed by atoms with Crippen molar-refractivity contribution in [3.8, 4) is 5.75 Å². The van der Waals surface area contributed by atoms with Gasteiger partial charge in [-0.2, -0.15) is 0 Å². The molecule has 0 saturated heterocycles. The average molecular weight is 455 g/mol. The third-order valence-electron chi connectivity index (χ3n) is 5.80. The van der Waals surface area contributed by atoms with Gasteiger partial charge in [0.1, 0.15) is 11.6 Å². The molecule has 2 N–H and O–H groups in total. The van der Waals surface area contributed by atoms with Crippen LogP contribution in [0.1, 0.15) is 50.4 Å². The molecule has 2 aliphatic rings. The summed E-state index contributed by atoms with van der Waals surface area (Å²) in [6.45, 7) is 6.82. The number of amides is 2. The van der Waals surface area contributed by atoms with Crippen molar-refractivity contribution in [3.63, 3.8) is 0 Å². The maximum absolute atomic E-state index is 13.8. The van der Waals surface area contributed by atoms with Crippen LogP contribution in [-0.4, -0.2) is 31.5 Å². The number of rotatable bonds is 5. The van der Waals surface area contributed by atoms with Crippen LogP contribution in [0.25, 0.3) is 0 Å². The quantitative estimate of drug-likeness (QED) is 0.708. The molecule has 5 nitrogen and oxygen atoms in total.